The van der Waals surface area contributed by atoms with Crippen molar-refractivity contribution in [2.75, 3.05) is 7.11 Å². The maximum atomic E-state index is 10.2. The third-order valence-corrected chi connectivity index (χ3v) is 5.96. The lowest BCUT2D eigenvalue weighted by atomic mass is 10.1. The molecule has 1 aromatic heterocycles. The summed E-state index contributed by atoms with van der Waals surface area (Å²) in [5, 5.41) is 15.1. The summed E-state index contributed by atoms with van der Waals surface area (Å²) in [4.78, 5) is 4.91. The minimum atomic E-state index is -0.499. The minimum absolute atomic E-state index is 0.0823. The van der Waals surface area contributed by atoms with Gasteiger partial charge in [-0.3, -0.25) is 0 Å². The van der Waals surface area contributed by atoms with Crippen LogP contribution in [0.4, 0.5) is 0 Å². The maximum absolute atomic E-state index is 10.2. The molecule has 1 aliphatic carbocycles. The first-order chi connectivity index (χ1) is 14.0. The van der Waals surface area contributed by atoms with E-state index in [1.807, 2.05) is 35.0 Å². The Labute approximate surface area is 171 Å². The molecular formula is C23H28N4O2. The van der Waals surface area contributed by atoms with Gasteiger partial charge in [0.25, 0.3) is 0 Å². The molecule has 4 rings (SSSR count). The van der Waals surface area contributed by atoms with Gasteiger partial charge in [0.15, 0.2) is 5.82 Å². The number of hydrogen-bond donors (Lipinski definition) is 2. The Morgan fingerprint density at radius 2 is 1.93 bits per heavy atom. The zero-order chi connectivity index (χ0) is 20.5. The van der Waals surface area contributed by atoms with Crippen LogP contribution in [0.15, 0.2) is 42.5 Å². The van der Waals surface area contributed by atoms with Crippen LogP contribution >= 0.6 is 0 Å². The lowest BCUT2D eigenvalue weighted by molar-refractivity contribution is 0.163. The highest BCUT2D eigenvalue weighted by Gasteiger charge is 2.35. The van der Waals surface area contributed by atoms with Crippen LogP contribution in [0.2, 0.25) is 0 Å². The molecule has 6 nitrogen and oxygen atoms in total. The molecule has 1 heterocycles. The number of aliphatic hydroxyl groups excluding tert-OH is 1. The predicted octanol–water partition coefficient (Wildman–Crippen LogP) is 3.05. The van der Waals surface area contributed by atoms with E-state index in [0.29, 0.717) is 19.3 Å². The Morgan fingerprint density at radius 1 is 1.14 bits per heavy atom. The van der Waals surface area contributed by atoms with Gasteiger partial charge in [0.2, 0.25) is 0 Å². The topological polar surface area (TPSA) is 86.2 Å². The number of methoxy groups -OCH3 is 1. The summed E-state index contributed by atoms with van der Waals surface area (Å²) in [6, 6.07) is 13.9. The van der Waals surface area contributed by atoms with Gasteiger partial charge in [0.05, 0.1) is 18.9 Å². The number of nitrogens with two attached hydrogens (primary N) is 1. The Bertz CT molecular complexity index is 1000. The van der Waals surface area contributed by atoms with Crippen LogP contribution < -0.4 is 10.5 Å². The van der Waals surface area contributed by atoms with E-state index in [9.17, 15) is 5.11 Å². The third-order valence-electron chi connectivity index (χ3n) is 5.96. The van der Waals surface area contributed by atoms with Crippen molar-refractivity contribution in [3.8, 4) is 11.4 Å². The van der Waals surface area contributed by atoms with E-state index in [4.69, 9.17) is 20.6 Å². The van der Waals surface area contributed by atoms with Gasteiger partial charge in [-0.15, -0.1) is 0 Å². The molecule has 0 spiro atoms. The molecule has 152 valence electrons. The molecule has 0 aliphatic heterocycles. The van der Waals surface area contributed by atoms with Gasteiger partial charge >= 0.3 is 0 Å². The van der Waals surface area contributed by atoms with Crippen molar-refractivity contribution in [1.82, 2.24) is 14.8 Å². The number of rotatable bonds is 5. The Kier molecular flexibility index (Phi) is 5.39. The molecule has 29 heavy (non-hydrogen) atoms. The van der Waals surface area contributed by atoms with Gasteiger partial charge in [-0.05, 0) is 49.9 Å². The van der Waals surface area contributed by atoms with Crippen LogP contribution in [0.5, 0.6) is 5.75 Å². The van der Waals surface area contributed by atoms with E-state index in [2.05, 4.69) is 26.0 Å². The maximum Gasteiger partial charge on any atom is 0.155 e. The van der Waals surface area contributed by atoms with E-state index in [-0.39, 0.29) is 12.0 Å². The monoisotopic (exact) mass is 392 g/mol. The van der Waals surface area contributed by atoms with E-state index in [1.54, 1.807) is 7.11 Å². The van der Waals surface area contributed by atoms with Gasteiger partial charge < -0.3 is 15.6 Å². The average molecular weight is 393 g/mol. The zero-order valence-corrected chi connectivity index (χ0v) is 17.2. The molecule has 0 radical (unpaired) electrons. The van der Waals surface area contributed by atoms with Crippen molar-refractivity contribution in [2.45, 2.75) is 51.2 Å². The van der Waals surface area contributed by atoms with E-state index in [1.165, 1.54) is 11.1 Å². The number of benzene rings is 2. The standard InChI is InChI=1S/C23H28N4O2/c1-14-7-6-9-19(15(14)2)27-23(17-11-18(24)20(28)12-17)25-22(26-27)13-16-8-4-5-10-21(16)29-3/h4-10,17-18,20,28H,11-13,24H2,1-3H3/t17-,18+,20+/m0/s1. The first kappa shape index (κ1) is 19.6. The molecular weight excluding hydrogens is 364 g/mol. The Balaban J connectivity index is 1.77. The van der Waals surface area contributed by atoms with Crippen LogP contribution in [-0.4, -0.2) is 39.1 Å². The molecule has 1 saturated carbocycles. The summed E-state index contributed by atoms with van der Waals surface area (Å²) in [7, 11) is 1.67. The number of ether oxygens (including phenoxy) is 1. The van der Waals surface area contributed by atoms with Crippen LogP contribution in [0.1, 0.15) is 47.1 Å². The van der Waals surface area contributed by atoms with E-state index >= 15 is 0 Å². The van der Waals surface area contributed by atoms with Crippen LogP contribution in [-0.2, 0) is 6.42 Å². The summed E-state index contributed by atoms with van der Waals surface area (Å²) in [6.45, 7) is 4.20. The summed E-state index contributed by atoms with van der Waals surface area (Å²) in [5.41, 5.74) is 10.5. The second-order valence-corrected chi connectivity index (χ2v) is 7.91. The highest BCUT2D eigenvalue weighted by molar-refractivity contribution is 5.45. The number of para-hydroxylation sites is 1. The molecule has 2 aromatic carbocycles. The molecule has 0 bridgehead atoms. The normalized spacial score (nSPS) is 21.5. The first-order valence-corrected chi connectivity index (χ1v) is 10.1. The quantitative estimate of drug-likeness (QED) is 0.697. The van der Waals surface area contributed by atoms with Crippen molar-refractivity contribution >= 4 is 0 Å². The largest absolute Gasteiger partial charge is 0.496 e. The lowest BCUT2D eigenvalue weighted by Gasteiger charge is -2.14. The molecule has 6 heteroatoms. The number of aliphatic hydroxyl groups is 1. The highest BCUT2D eigenvalue weighted by atomic mass is 16.5. The molecule has 1 aliphatic rings. The number of aryl methyl sites for hydroxylation is 1. The average Bonchev–Trinajstić information content (AvgIpc) is 3.27. The Morgan fingerprint density at radius 3 is 2.66 bits per heavy atom. The molecule has 0 amide bonds. The SMILES string of the molecule is COc1ccccc1Cc1nc([C@H]2C[C@@H](N)[C@H](O)C2)n(-c2cccc(C)c2C)n1. The van der Waals surface area contributed by atoms with Gasteiger partial charge in [0.1, 0.15) is 11.6 Å². The summed E-state index contributed by atoms with van der Waals surface area (Å²) >= 11 is 0. The first-order valence-electron chi connectivity index (χ1n) is 10.1. The Hall–Kier alpha value is -2.70. The van der Waals surface area contributed by atoms with Crippen molar-refractivity contribution in [3.05, 3.63) is 70.8 Å². The highest BCUT2D eigenvalue weighted by Crippen LogP contribution is 2.35. The fraction of sp³-hybridized carbons (Fsp3) is 0.391. The fourth-order valence-corrected chi connectivity index (χ4v) is 4.13. The minimum Gasteiger partial charge on any atom is -0.496 e. The van der Waals surface area contributed by atoms with E-state index < -0.39 is 6.10 Å². The van der Waals surface area contributed by atoms with Crippen molar-refractivity contribution in [1.29, 1.82) is 0 Å². The second-order valence-electron chi connectivity index (χ2n) is 7.91. The van der Waals surface area contributed by atoms with Gasteiger partial charge in [0, 0.05) is 23.9 Å². The number of aromatic nitrogens is 3. The van der Waals surface area contributed by atoms with Crippen LogP contribution in [0.25, 0.3) is 5.69 Å². The van der Waals surface area contributed by atoms with Crippen molar-refractivity contribution in [2.24, 2.45) is 5.73 Å². The van der Waals surface area contributed by atoms with Gasteiger partial charge in [-0.25, -0.2) is 9.67 Å². The molecule has 3 atom stereocenters. The zero-order valence-electron chi connectivity index (χ0n) is 17.2. The van der Waals surface area contributed by atoms with Crippen LogP contribution in [0, 0.1) is 13.8 Å². The fourth-order valence-electron chi connectivity index (χ4n) is 4.13. The molecule has 1 fully saturated rings. The summed E-state index contributed by atoms with van der Waals surface area (Å²) in [6.07, 6.45) is 1.40. The molecule has 0 saturated heterocycles. The third kappa shape index (κ3) is 3.78. The predicted molar refractivity (Wildman–Crippen MR) is 113 cm³/mol. The van der Waals surface area contributed by atoms with Gasteiger partial charge in [-0.2, -0.15) is 5.10 Å². The van der Waals surface area contributed by atoms with Crippen molar-refractivity contribution < 1.29 is 9.84 Å². The number of hydrogen-bond acceptors (Lipinski definition) is 5. The summed E-state index contributed by atoms with van der Waals surface area (Å²) < 4.78 is 7.44. The summed E-state index contributed by atoms with van der Waals surface area (Å²) in [5.74, 6) is 2.52. The molecule has 0 unspecified atom stereocenters. The van der Waals surface area contributed by atoms with E-state index in [0.717, 1.165) is 28.6 Å². The molecule has 3 N–H and O–H groups in total. The second kappa shape index (κ2) is 7.97. The molecule has 3 aromatic rings. The van der Waals surface area contributed by atoms with Gasteiger partial charge in [-0.1, -0.05) is 30.3 Å². The van der Waals surface area contributed by atoms with Crippen molar-refractivity contribution in [3.63, 3.8) is 0 Å². The smallest absolute Gasteiger partial charge is 0.155 e. The number of nitrogens with zero attached hydrogens (tertiary/aromatic N) is 3. The lowest BCUT2D eigenvalue weighted by Crippen LogP contribution is -2.28. The van der Waals surface area contributed by atoms with Crippen LogP contribution in [0.3, 0.4) is 0 Å².